The minimum Gasteiger partial charge on any atom is -0.489 e. The number of nitrogens with zero attached hydrogens (tertiary/aromatic N) is 1. The van der Waals surface area contributed by atoms with Crippen molar-refractivity contribution in [2.24, 2.45) is 5.10 Å². The Morgan fingerprint density at radius 2 is 1.72 bits per heavy atom. The van der Waals surface area contributed by atoms with Gasteiger partial charge in [0.1, 0.15) is 12.4 Å². The van der Waals surface area contributed by atoms with Crippen molar-refractivity contribution in [2.75, 3.05) is 5.43 Å². The van der Waals surface area contributed by atoms with E-state index in [1.165, 1.54) is 0 Å². The summed E-state index contributed by atoms with van der Waals surface area (Å²) in [6.07, 6.45) is 1.72. The standard InChI is InChI=1S/C20H16Cl2N2O/c21-19-10-9-17(12-20(19)22)24-23-13-16-7-4-8-18(11-16)25-14-15-5-2-1-3-6-15/h1-13,24H,14H2. The summed E-state index contributed by atoms with van der Waals surface area (Å²) in [7, 11) is 0. The molecule has 0 aliphatic heterocycles. The average Bonchev–Trinajstić information content (AvgIpc) is 2.64. The van der Waals surface area contributed by atoms with Crippen molar-refractivity contribution < 1.29 is 4.74 Å². The second-order valence-electron chi connectivity index (χ2n) is 5.35. The third-order valence-electron chi connectivity index (χ3n) is 3.43. The van der Waals surface area contributed by atoms with Crippen LogP contribution in [-0.2, 0) is 6.61 Å². The molecule has 3 nitrogen and oxygen atoms in total. The lowest BCUT2D eigenvalue weighted by atomic mass is 10.2. The molecule has 5 heteroatoms. The zero-order valence-corrected chi connectivity index (χ0v) is 14.8. The molecule has 0 unspecified atom stereocenters. The SMILES string of the molecule is Clc1ccc(NN=Cc2cccc(OCc3ccccc3)c2)cc1Cl. The maximum atomic E-state index is 5.98. The lowest BCUT2D eigenvalue weighted by Crippen LogP contribution is -1.96. The van der Waals surface area contributed by atoms with Crippen LogP contribution in [0.1, 0.15) is 11.1 Å². The number of ether oxygens (including phenoxy) is 1. The van der Waals surface area contributed by atoms with Crippen molar-refractivity contribution in [1.82, 2.24) is 0 Å². The summed E-state index contributed by atoms with van der Waals surface area (Å²) in [5.74, 6) is 0.794. The zero-order valence-electron chi connectivity index (χ0n) is 13.3. The first-order chi connectivity index (χ1) is 12.2. The van der Waals surface area contributed by atoms with E-state index in [1.807, 2.05) is 60.7 Å². The highest BCUT2D eigenvalue weighted by atomic mass is 35.5. The number of nitrogens with one attached hydrogen (secondary N) is 1. The number of anilines is 1. The summed E-state index contributed by atoms with van der Waals surface area (Å²) in [5, 5.41) is 5.21. The fourth-order valence-electron chi connectivity index (χ4n) is 2.17. The lowest BCUT2D eigenvalue weighted by molar-refractivity contribution is 0.306. The Kier molecular flexibility index (Phi) is 5.94. The van der Waals surface area contributed by atoms with E-state index < -0.39 is 0 Å². The maximum absolute atomic E-state index is 5.98. The van der Waals surface area contributed by atoms with Crippen LogP contribution < -0.4 is 10.2 Å². The Morgan fingerprint density at radius 3 is 2.52 bits per heavy atom. The van der Waals surface area contributed by atoms with Gasteiger partial charge in [-0.2, -0.15) is 5.10 Å². The van der Waals surface area contributed by atoms with Gasteiger partial charge in [-0.3, -0.25) is 5.43 Å². The predicted octanol–water partition coefficient (Wildman–Crippen LogP) is 6.02. The molecule has 0 spiro atoms. The lowest BCUT2D eigenvalue weighted by Gasteiger charge is -2.07. The topological polar surface area (TPSA) is 33.6 Å². The van der Waals surface area contributed by atoms with Crippen molar-refractivity contribution in [2.45, 2.75) is 6.61 Å². The van der Waals surface area contributed by atoms with Crippen LogP contribution >= 0.6 is 23.2 Å². The molecule has 0 aliphatic rings. The molecule has 0 saturated carbocycles. The van der Waals surface area contributed by atoms with Crippen LogP contribution in [0.25, 0.3) is 0 Å². The number of benzene rings is 3. The van der Waals surface area contributed by atoms with Crippen LogP contribution in [0, 0.1) is 0 Å². The number of hydrogen-bond acceptors (Lipinski definition) is 3. The molecule has 0 heterocycles. The van der Waals surface area contributed by atoms with Gasteiger partial charge in [0.05, 0.1) is 21.9 Å². The van der Waals surface area contributed by atoms with Crippen LogP contribution in [-0.4, -0.2) is 6.21 Å². The number of halogens is 2. The molecule has 0 aliphatic carbocycles. The van der Waals surface area contributed by atoms with Gasteiger partial charge in [0.25, 0.3) is 0 Å². The Morgan fingerprint density at radius 1 is 0.880 bits per heavy atom. The largest absolute Gasteiger partial charge is 0.489 e. The van der Waals surface area contributed by atoms with E-state index in [-0.39, 0.29) is 0 Å². The summed E-state index contributed by atoms with van der Waals surface area (Å²) in [6, 6.07) is 23.0. The number of rotatable bonds is 6. The van der Waals surface area contributed by atoms with E-state index in [2.05, 4.69) is 10.5 Å². The summed E-state index contributed by atoms with van der Waals surface area (Å²) >= 11 is 11.9. The molecule has 1 N–H and O–H groups in total. The smallest absolute Gasteiger partial charge is 0.120 e. The highest BCUT2D eigenvalue weighted by Crippen LogP contribution is 2.25. The average molecular weight is 371 g/mol. The fraction of sp³-hybridized carbons (Fsp3) is 0.0500. The first kappa shape index (κ1) is 17.3. The number of hydrogen-bond donors (Lipinski definition) is 1. The summed E-state index contributed by atoms with van der Waals surface area (Å²) in [6.45, 7) is 0.531. The molecular weight excluding hydrogens is 355 g/mol. The van der Waals surface area contributed by atoms with Gasteiger partial charge in [0, 0.05) is 0 Å². The Balaban J connectivity index is 1.60. The van der Waals surface area contributed by atoms with E-state index >= 15 is 0 Å². The third kappa shape index (κ3) is 5.24. The van der Waals surface area contributed by atoms with Gasteiger partial charge < -0.3 is 4.74 Å². The fourth-order valence-corrected chi connectivity index (χ4v) is 2.47. The molecule has 3 aromatic carbocycles. The molecule has 0 aromatic heterocycles. The van der Waals surface area contributed by atoms with Gasteiger partial charge in [0.2, 0.25) is 0 Å². The molecule has 0 amide bonds. The predicted molar refractivity (Wildman–Crippen MR) is 105 cm³/mol. The Labute approximate surface area is 156 Å². The van der Waals surface area contributed by atoms with Crippen molar-refractivity contribution in [1.29, 1.82) is 0 Å². The second kappa shape index (κ2) is 8.56. The van der Waals surface area contributed by atoms with Gasteiger partial charge in [-0.1, -0.05) is 65.7 Å². The summed E-state index contributed by atoms with van der Waals surface area (Å²) < 4.78 is 5.81. The van der Waals surface area contributed by atoms with E-state index in [0.29, 0.717) is 16.7 Å². The molecule has 3 aromatic rings. The zero-order chi connectivity index (χ0) is 17.5. The van der Waals surface area contributed by atoms with Gasteiger partial charge in [-0.05, 0) is 41.5 Å². The van der Waals surface area contributed by atoms with Crippen LogP contribution in [0.15, 0.2) is 77.9 Å². The van der Waals surface area contributed by atoms with Crippen LogP contribution in [0.2, 0.25) is 10.0 Å². The normalized spacial score (nSPS) is 10.8. The minimum atomic E-state index is 0.484. The molecular formula is C20H16Cl2N2O. The van der Waals surface area contributed by atoms with Crippen LogP contribution in [0.4, 0.5) is 5.69 Å². The van der Waals surface area contributed by atoms with Gasteiger partial charge in [0.15, 0.2) is 0 Å². The quantitative estimate of drug-likeness (QED) is 0.425. The minimum absolute atomic E-state index is 0.484. The molecule has 3 rings (SSSR count). The molecule has 0 saturated heterocycles. The highest BCUT2D eigenvalue weighted by molar-refractivity contribution is 6.42. The van der Waals surface area contributed by atoms with Crippen molar-refractivity contribution in [3.05, 3.63) is 94.0 Å². The highest BCUT2D eigenvalue weighted by Gasteiger charge is 1.99. The van der Waals surface area contributed by atoms with Crippen molar-refractivity contribution >= 4 is 35.1 Å². The second-order valence-corrected chi connectivity index (χ2v) is 6.16. The Bertz CT molecular complexity index is 867. The van der Waals surface area contributed by atoms with Gasteiger partial charge in [-0.15, -0.1) is 0 Å². The summed E-state index contributed by atoms with van der Waals surface area (Å²) in [5.41, 5.74) is 5.75. The van der Waals surface area contributed by atoms with Crippen LogP contribution in [0.3, 0.4) is 0 Å². The third-order valence-corrected chi connectivity index (χ3v) is 4.17. The first-order valence-corrected chi connectivity index (χ1v) is 8.47. The molecule has 0 radical (unpaired) electrons. The molecule has 0 fully saturated rings. The van der Waals surface area contributed by atoms with E-state index in [0.717, 1.165) is 22.6 Å². The van der Waals surface area contributed by atoms with Gasteiger partial charge >= 0.3 is 0 Å². The molecule has 25 heavy (non-hydrogen) atoms. The molecule has 0 bridgehead atoms. The van der Waals surface area contributed by atoms with Crippen molar-refractivity contribution in [3.8, 4) is 5.75 Å². The van der Waals surface area contributed by atoms with E-state index in [1.54, 1.807) is 18.3 Å². The first-order valence-electron chi connectivity index (χ1n) is 7.71. The van der Waals surface area contributed by atoms with Crippen LogP contribution in [0.5, 0.6) is 5.75 Å². The van der Waals surface area contributed by atoms with E-state index in [9.17, 15) is 0 Å². The monoisotopic (exact) mass is 370 g/mol. The number of hydrazone groups is 1. The molecule has 126 valence electrons. The molecule has 0 atom stereocenters. The van der Waals surface area contributed by atoms with Crippen molar-refractivity contribution in [3.63, 3.8) is 0 Å². The van der Waals surface area contributed by atoms with Gasteiger partial charge in [-0.25, -0.2) is 0 Å². The maximum Gasteiger partial charge on any atom is 0.120 e. The summed E-state index contributed by atoms with van der Waals surface area (Å²) in [4.78, 5) is 0. The Hall–Kier alpha value is -2.49. The van der Waals surface area contributed by atoms with E-state index in [4.69, 9.17) is 27.9 Å².